The first-order valence-electron chi connectivity index (χ1n) is 9.01. The van der Waals surface area contributed by atoms with E-state index >= 15 is 0 Å². The van der Waals surface area contributed by atoms with Gasteiger partial charge < -0.3 is 14.6 Å². The number of halogens is 1. The van der Waals surface area contributed by atoms with Crippen molar-refractivity contribution in [2.45, 2.75) is 32.0 Å². The van der Waals surface area contributed by atoms with Crippen LogP contribution in [0.15, 0.2) is 46.2 Å². The van der Waals surface area contributed by atoms with Gasteiger partial charge >= 0.3 is 0 Å². The number of hydrogen-bond acceptors (Lipinski definition) is 6. The number of carbonyl (C=O) groups excluding carboxylic acids is 1. The van der Waals surface area contributed by atoms with Gasteiger partial charge in [0.25, 0.3) is 0 Å². The number of benzene rings is 1. The van der Waals surface area contributed by atoms with E-state index in [2.05, 4.69) is 49.4 Å². The molecular weight excluding hydrogens is 454 g/mol. The summed E-state index contributed by atoms with van der Waals surface area (Å²) in [5, 5.41) is 11.9. The predicted molar refractivity (Wildman–Crippen MR) is 117 cm³/mol. The first-order valence-corrected chi connectivity index (χ1v) is 10.8. The fraction of sp³-hybridized carbons (Fsp3) is 0.300. The smallest absolute Gasteiger partial charge is 0.236 e. The van der Waals surface area contributed by atoms with Crippen molar-refractivity contribution in [2.24, 2.45) is 7.05 Å². The SMILES string of the molecule is Cc1ccc(OC(C)c2nnc(SCC(=O)Nc3ccc(Br)cn3)n2C)c(C)c1. The number of hydrogen-bond donors (Lipinski definition) is 1. The number of anilines is 1. The van der Waals surface area contributed by atoms with Crippen LogP contribution >= 0.6 is 27.7 Å². The first kappa shape index (κ1) is 21.3. The topological polar surface area (TPSA) is 81.9 Å². The minimum atomic E-state index is -0.274. The Bertz CT molecular complexity index is 1010. The zero-order chi connectivity index (χ0) is 21.0. The number of pyridine rings is 1. The highest BCUT2D eigenvalue weighted by Crippen LogP contribution is 2.26. The van der Waals surface area contributed by atoms with Crippen molar-refractivity contribution in [3.05, 3.63) is 58.0 Å². The summed E-state index contributed by atoms with van der Waals surface area (Å²) in [4.78, 5) is 16.3. The number of carbonyl (C=O) groups is 1. The van der Waals surface area contributed by atoms with E-state index in [1.54, 1.807) is 12.3 Å². The van der Waals surface area contributed by atoms with Crippen LogP contribution in [0, 0.1) is 13.8 Å². The summed E-state index contributed by atoms with van der Waals surface area (Å²) in [6.07, 6.45) is 1.36. The Morgan fingerprint density at radius 2 is 2.07 bits per heavy atom. The third kappa shape index (κ3) is 5.57. The Hall–Kier alpha value is -2.39. The van der Waals surface area contributed by atoms with E-state index < -0.39 is 0 Å². The van der Waals surface area contributed by atoms with Crippen LogP contribution in [0.1, 0.15) is 30.0 Å². The van der Waals surface area contributed by atoms with Gasteiger partial charge in [-0.2, -0.15) is 0 Å². The third-order valence-electron chi connectivity index (χ3n) is 4.19. The van der Waals surface area contributed by atoms with Crippen LogP contribution in [0.4, 0.5) is 5.82 Å². The number of ether oxygens (including phenoxy) is 1. The first-order chi connectivity index (χ1) is 13.8. The average molecular weight is 476 g/mol. The molecule has 152 valence electrons. The Balaban J connectivity index is 1.59. The largest absolute Gasteiger partial charge is 0.482 e. The maximum Gasteiger partial charge on any atom is 0.236 e. The minimum Gasteiger partial charge on any atom is -0.482 e. The number of rotatable bonds is 7. The summed E-state index contributed by atoms with van der Waals surface area (Å²) in [6, 6.07) is 9.62. The molecule has 1 atom stereocenters. The summed E-state index contributed by atoms with van der Waals surface area (Å²) in [5.41, 5.74) is 2.27. The van der Waals surface area contributed by atoms with Crippen LogP contribution in [0.25, 0.3) is 0 Å². The van der Waals surface area contributed by atoms with Crippen molar-refractivity contribution in [3.63, 3.8) is 0 Å². The molecule has 0 bridgehead atoms. The van der Waals surface area contributed by atoms with Gasteiger partial charge in [0.05, 0.1) is 5.75 Å². The molecule has 0 saturated carbocycles. The van der Waals surface area contributed by atoms with E-state index in [1.807, 2.05) is 43.7 Å². The summed E-state index contributed by atoms with van der Waals surface area (Å²) in [7, 11) is 1.87. The lowest BCUT2D eigenvalue weighted by Crippen LogP contribution is -2.15. The van der Waals surface area contributed by atoms with Crippen molar-refractivity contribution in [1.82, 2.24) is 19.7 Å². The lowest BCUT2D eigenvalue weighted by atomic mass is 10.1. The van der Waals surface area contributed by atoms with Crippen molar-refractivity contribution < 1.29 is 9.53 Å². The summed E-state index contributed by atoms with van der Waals surface area (Å²) < 4.78 is 8.78. The van der Waals surface area contributed by atoms with E-state index in [0.717, 1.165) is 15.8 Å². The third-order valence-corrected chi connectivity index (χ3v) is 5.68. The van der Waals surface area contributed by atoms with Crippen LogP contribution in [0.5, 0.6) is 5.75 Å². The lowest BCUT2D eigenvalue weighted by Gasteiger charge is -2.16. The molecule has 9 heteroatoms. The van der Waals surface area contributed by atoms with Crippen LogP contribution in [-0.2, 0) is 11.8 Å². The molecule has 0 saturated heterocycles. The molecule has 29 heavy (non-hydrogen) atoms. The molecule has 0 fully saturated rings. The quantitative estimate of drug-likeness (QED) is 0.507. The normalized spacial score (nSPS) is 11.9. The highest BCUT2D eigenvalue weighted by atomic mass is 79.9. The van der Waals surface area contributed by atoms with Gasteiger partial charge in [-0.1, -0.05) is 29.5 Å². The Morgan fingerprint density at radius 1 is 1.28 bits per heavy atom. The molecule has 0 aliphatic carbocycles. The average Bonchev–Trinajstić information content (AvgIpc) is 3.05. The zero-order valence-electron chi connectivity index (χ0n) is 16.6. The van der Waals surface area contributed by atoms with Crippen LogP contribution < -0.4 is 10.1 Å². The second kappa shape index (κ2) is 9.41. The monoisotopic (exact) mass is 475 g/mol. The summed E-state index contributed by atoms with van der Waals surface area (Å²) in [6.45, 7) is 6.00. The summed E-state index contributed by atoms with van der Waals surface area (Å²) >= 11 is 4.63. The highest BCUT2D eigenvalue weighted by Gasteiger charge is 2.18. The molecule has 2 heterocycles. The number of nitrogens with zero attached hydrogens (tertiary/aromatic N) is 4. The number of nitrogens with one attached hydrogen (secondary N) is 1. The molecule has 2 aromatic heterocycles. The van der Waals surface area contributed by atoms with Crippen molar-refractivity contribution in [3.8, 4) is 5.75 Å². The van der Waals surface area contributed by atoms with E-state index in [1.165, 1.54) is 17.3 Å². The molecule has 1 unspecified atom stereocenters. The number of aromatic nitrogens is 4. The van der Waals surface area contributed by atoms with E-state index in [-0.39, 0.29) is 17.8 Å². The van der Waals surface area contributed by atoms with Gasteiger partial charge in [-0.05, 0) is 60.5 Å². The predicted octanol–water partition coefficient (Wildman–Crippen LogP) is 4.46. The molecule has 3 rings (SSSR count). The second-order valence-corrected chi connectivity index (χ2v) is 8.49. The maximum absolute atomic E-state index is 12.2. The summed E-state index contributed by atoms with van der Waals surface area (Å²) in [5.74, 6) is 2.07. The molecule has 1 aromatic carbocycles. The van der Waals surface area contributed by atoms with E-state index in [0.29, 0.717) is 16.8 Å². The Labute approximate surface area is 182 Å². The van der Waals surface area contributed by atoms with Crippen LogP contribution in [0.2, 0.25) is 0 Å². The number of thioether (sulfide) groups is 1. The van der Waals surface area contributed by atoms with Gasteiger partial charge in [0.1, 0.15) is 11.6 Å². The highest BCUT2D eigenvalue weighted by molar-refractivity contribution is 9.10. The molecule has 0 radical (unpaired) electrons. The zero-order valence-corrected chi connectivity index (χ0v) is 19.0. The van der Waals surface area contributed by atoms with Gasteiger partial charge in [0, 0.05) is 17.7 Å². The number of amides is 1. The molecule has 7 nitrogen and oxygen atoms in total. The molecule has 1 N–H and O–H groups in total. The molecule has 0 spiro atoms. The molecule has 3 aromatic rings. The van der Waals surface area contributed by atoms with Gasteiger partial charge in [0.15, 0.2) is 17.1 Å². The lowest BCUT2D eigenvalue weighted by molar-refractivity contribution is -0.113. The van der Waals surface area contributed by atoms with Gasteiger partial charge in [-0.3, -0.25) is 4.79 Å². The fourth-order valence-corrected chi connectivity index (χ4v) is 3.69. The van der Waals surface area contributed by atoms with E-state index in [4.69, 9.17) is 4.74 Å². The fourth-order valence-electron chi connectivity index (χ4n) is 2.74. The Morgan fingerprint density at radius 3 is 2.76 bits per heavy atom. The van der Waals surface area contributed by atoms with Crippen molar-refractivity contribution >= 4 is 39.4 Å². The molecule has 0 aliphatic rings. The maximum atomic E-state index is 12.2. The minimum absolute atomic E-state index is 0.158. The van der Waals surface area contributed by atoms with Crippen molar-refractivity contribution in [1.29, 1.82) is 0 Å². The number of aryl methyl sites for hydroxylation is 2. The van der Waals surface area contributed by atoms with Gasteiger partial charge in [-0.25, -0.2) is 4.98 Å². The molecule has 1 amide bonds. The van der Waals surface area contributed by atoms with Gasteiger partial charge in [0.2, 0.25) is 5.91 Å². The van der Waals surface area contributed by atoms with Crippen LogP contribution in [0.3, 0.4) is 0 Å². The second-order valence-electron chi connectivity index (χ2n) is 6.63. The van der Waals surface area contributed by atoms with Gasteiger partial charge in [-0.15, -0.1) is 10.2 Å². The van der Waals surface area contributed by atoms with E-state index in [9.17, 15) is 4.79 Å². The van der Waals surface area contributed by atoms with Crippen molar-refractivity contribution in [2.75, 3.05) is 11.1 Å². The molecule has 0 aliphatic heterocycles. The Kier molecular flexibility index (Phi) is 6.92. The molecular formula is C20H22BrN5O2S. The van der Waals surface area contributed by atoms with Crippen LogP contribution in [-0.4, -0.2) is 31.4 Å². The standard InChI is InChI=1S/C20H22BrN5O2S/c1-12-5-7-16(13(2)9-12)28-14(3)19-24-25-20(26(19)4)29-11-18(27)23-17-8-6-15(21)10-22-17/h5-10,14H,11H2,1-4H3,(H,22,23,27).